The number of carboxylic acids is 1. The van der Waals surface area contributed by atoms with Gasteiger partial charge in [0.25, 0.3) is 0 Å². The Kier molecular flexibility index (Phi) is 3.58. The fourth-order valence-electron chi connectivity index (χ4n) is 2.69. The quantitative estimate of drug-likeness (QED) is 0.946. The number of carbonyl (C=O) groups is 1. The van der Waals surface area contributed by atoms with Crippen molar-refractivity contribution in [3.8, 4) is 0 Å². The lowest BCUT2D eigenvalue weighted by Gasteiger charge is -2.26. The minimum absolute atomic E-state index is 0.293. The molecule has 22 heavy (non-hydrogen) atoms. The number of rotatable bonds is 3. The van der Waals surface area contributed by atoms with Gasteiger partial charge < -0.3 is 5.11 Å². The maximum absolute atomic E-state index is 14.2. The van der Waals surface area contributed by atoms with Gasteiger partial charge in [-0.25, -0.2) is 14.4 Å². The van der Waals surface area contributed by atoms with Gasteiger partial charge in [0.15, 0.2) is 0 Å². The average molecular weight is 299 g/mol. The zero-order chi connectivity index (χ0) is 15.7. The van der Waals surface area contributed by atoms with E-state index in [0.717, 1.165) is 0 Å². The normalized spacial score (nSPS) is 20.8. The molecule has 2 unspecified atom stereocenters. The molecule has 0 spiro atoms. The lowest BCUT2D eigenvalue weighted by Crippen LogP contribution is -2.31. The number of hydrazone groups is 1. The van der Waals surface area contributed by atoms with E-state index in [2.05, 4.69) is 10.1 Å². The van der Waals surface area contributed by atoms with E-state index < -0.39 is 23.7 Å². The molecule has 2 heterocycles. The summed E-state index contributed by atoms with van der Waals surface area (Å²) in [6.07, 6.45) is 1.59. The smallest absolute Gasteiger partial charge is 0.314 e. The highest BCUT2D eigenvalue weighted by Crippen LogP contribution is 2.39. The maximum atomic E-state index is 14.2. The molecular formula is C16H14FN3O2. The molecule has 1 N–H and O–H groups in total. The van der Waals surface area contributed by atoms with Gasteiger partial charge in [-0.1, -0.05) is 24.3 Å². The van der Waals surface area contributed by atoms with Crippen molar-refractivity contribution in [1.82, 2.24) is 4.98 Å². The van der Waals surface area contributed by atoms with Crippen LogP contribution in [0, 0.1) is 11.7 Å². The van der Waals surface area contributed by atoms with E-state index in [-0.39, 0.29) is 0 Å². The topological polar surface area (TPSA) is 65.8 Å². The molecule has 0 amide bonds. The van der Waals surface area contributed by atoms with Crippen LogP contribution in [0.5, 0.6) is 0 Å². The van der Waals surface area contributed by atoms with Crippen LogP contribution in [0.25, 0.3) is 0 Å². The highest BCUT2D eigenvalue weighted by atomic mass is 19.1. The molecule has 0 fully saturated rings. The first-order valence-electron chi connectivity index (χ1n) is 6.82. The van der Waals surface area contributed by atoms with Crippen LogP contribution < -0.4 is 5.01 Å². The van der Waals surface area contributed by atoms with E-state index in [1.54, 1.807) is 49.5 Å². The molecule has 2 aromatic rings. The van der Waals surface area contributed by atoms with Crippen LogP contribution in [0.3, 0.4) is 0 Å². The van der Waals surface area contributed by atoms with Crippen molar-refractivity contribution in [3.05, 3.63) is 60.0 Å². The number of hydrogen-bond acceptors (Lipinski definition) is 4. The van der Waals surface area contributed by atoms with Crippen molar-refractivity contribution in [2.45, 2.75) is 13.0 Å². The largest absolute Gasteiger partial charge is 0.481 e. The highest BCUT2D eigenvalue weighted by Gasteiger charge is 2.43. The average Bonchev–Trinajstić information content (AvgIpc) is 2.86. The minimum Gasteiger partial charge on any atom is -0.481 e. The summed E-state index contributed by atoms with van der Waals surface area (Å²) in [4.78, 5) is 15.8. The van der Waals surface area contributed by atoms with E-state index in [1.807, 2.05) is 0 Å². The number of halogens is 1. The van der Waals surface area contributed by atoms with Crippen LogP contribution in [-0.4, -0.2) is 21.8 Å². The first kappa shape index (κ1) is 14.2. The minimum atomic E-state index is -1.03. The van der Waals surface area contributed by atoms with Gasteiger partial charge in [-0.05, 0) is 25.1 Å². The summed E-state index contributed by atoms with van der Waals surface area (Å²) in [5.41, 5.74) is 0.715. The fourth-order valence-corrected chi connectivity index (χ4v) is 2.69. The van der Waals surface area contributed by atoms with Crippen molar-refractivity contribution in [2.75, 3.05) is 5.01 Å². The molecule has 6 heteroatoms. The lowest BCUT2D eigenvalue weighted by atomic mass is 9.90. The predicted octanol–water partition coefficient (Wildman–Crippen LogP) is 2.86. The molecule has 112 valence electrons. The summed E-state index contributed by atoms with van der Waals surface area (Å²) in [7, 11) is 0. The third-order valence-electron chi connectivity index (χ3n) is 3.67. The van der Waals surface area contributed by atoms with Crippen molar-refractivity contribution in [3.63, 3.8) is 0 Å². The van der Waals surface area contributed by atoms with Crippen molar-refractivity contribution < 1.29 is 14.3 Å². The molecule has 0 radical (unpaired) electrons. The van der Waals surface area contributed by atoms with E-state index in [0.29, 0.717) is 17.1 Å². The van der Waals surface area contributed by atoms with Crippen LogP contribution in [0.1, 0.15) is 18.5 Å². The predicted molar refractivity (Wildman–Crippen MR) is 80.1 cm³/mol. The Bertz CT molecular complexity index is 733. The summed E-state index contributed by atoms with van der Waals surface area (Å²) in [6, 6.07) is 10.6. The van der Waals surface area contributed by atoms with E-state index in [1.165, 1.54) is 11.1 Å². The SMILES string of the molecule is CC1=NN(c2ccccn2)C(c2ccccc2F)C1C(=O)O. The molecular weight excluding hydrogens is 285 g/mol. The van der Waals surface area contributed by atoms with Gasteiger partial charge in [-0.3, -0.25) is 4.79 Å². The molecule has 1 aliphatic rings. The molecule has 1 aromatic heterocycles. The van der Waals surface area contributed by atoms with Gasteiger partial charge in [0, 0.05) is 11.8 Å². The van der Waals surface area contributed by atoms with Crippen LogP contribution in [0.2, 0.25) is 0 Å². The molecule has 0 saturated carbocycles. The highest BCUT2D eigenvalue weighted by molar-refractivity contribution is 6.03. The molecule has 1 aliphatic heterocycles. The van der Waals surface area contributed by atoms with Crippen molar-refractivity contribution in [2.24, 2.45) is 11.0 Å². The summed E-state index contributed by atoms with van der Waals surface area (Å²) in [5.74, 6) is -1.92. The molecule has 5 nitrogen and oxygen atoms in total. The first-order chi connectivity index (χ1) is 10.6. The van der Waals surface area contributed by atoms with E-state index >= 15 is 0 Å². The number of anilines is 1. The van der Waals surface area contributed by atoms with Crippen molar-refractivity contribution >= 4 is 17.5 Å². The Morgan fingerprint density at radius 3 is 2.59 bits per heavy atom. The first-order valence-corrected chi connectivity index (χ1v) is 6.82. The second-order valence-electron chi connectivity index (χ2n) is 5.06. The van der Waals surface area contributed by atoms with Gasteiger partial charge in [0.05, 0.1) is 5.71 Å². The Balaban J connectivity index is 2.13. The molecule has 0 saturated heterocycles. The lowest BCUT2D eigenvalue weighted by molar-refractivity contribution is -0.139. The number of aromatic nitrogens is 1. The second kappa shape index (κ2) is 5.55. The Labute approximate surface area is 126 Å². The van der Waals surface area contributed by atoms with Gasteiger partial charge in [-0.15, -0.1) is 0 Å². The Morgan fingerprint density at radius 1 is 1.23 bits per heavy atom. The second-order valence-corrected chi connectivity index (χ2v) is 5.06. The number of hydrogen-bond donors (Lipinski definition) is 1. The van der Waals surface area contributed by atoms with Gasteiger partial charge in [0.1, 0.15) is 23.6 Å². The summed E-state index contributed by atoms with van der Waals surface area (Å²) in [6.45, 7) is 1.63. The molecule has 0 bridgehead atoms. The number of carboxylic acid groups (broad SMARTS) is 1. The molecule has 1 aromatic carbocycles. The molecule has 2 atom stereocenters. The summed E-state index contributed by atoms with van der Waals surface area (Å²) < 4.78 is 14.2. The Morgan fingerprint density at radius 2 is 1.95 bits per heavy atom. The number of benzene rings is 1. The summed E-state index contributed by atoms with van der Waals surface area (Å²) in [5, 5.41) is 15.3. The zero-order valence-corrected chi connectivity index (χ0v) is 11.8. The number of nitrogens with zero attached hydrogens (tertiary/aromatic N) is 3. The zero-order valence-electron chi connectivity index (χ0n) is 11.8. The third-order valence-corrected chi connectivity index (χ3v) is 3.67. The molecule has 0 aliphatic carbocycles. The van der Waals surface area contributed by atoms with Crippen LogP contribution in [0.4, 0.5) is 10.2 Å². The van der Waals surface area contributed by atoms with E-state index in [9.17, 15) is 14.3 Å². The number of pyridine rings is 1. The standard InChI is InChI=1S/C16H14FN3O2/c1-10-14(16(21)22)15(11-6-2-3-7-12(11)17)20(19-10)13-8-4-5-9-18-13/h2-9,14-15H,1H3,(H,21,22). The van der Waals surface area contributed by atoms with Gasteiger partial charge >= 0.3 is 5.97 Å². The fraction of sp³-hybridized carbons (Fsp3) is 0.188. The van der Waals surface area contributed by atoms with Gasteiger partial charge in [-0.2, -0.15) is 5.10 Å². The number of aliphatic carboxylic acids is 1. The van der Waals surface area contributed by atoms with Crippen LogP contribution >= 0.6 is 0 Å². The molecule has 3 rings (SSSR count). The maximum Gasteiger partial charge on any atom is 0.314 e. The van der Waals surface area contributed by atoms with Crippen LogP contribution in [-0.2, 0) is 4.79 Å². The monoisotopic (exact) mass is 299 g/mol. The van der Waals surface area contributed by atoms with E-state index in [4.69, 9.17) is 0 Å². The van der Waals surface area contributed by atoms with Crippen LogP contribution in [0.15, 0.2) is 53.8 Å². The van der Waals surface area contributed by atoms with Crippen molar-refractivity contribution in [1.29, 1.82) is 0 Å². The summed E-state index contributed by atoms with van der Waals surface area (Å²) >= 11 is 0. The third kappa shape index (κ3) is 2.32. The van der Waals surface area contributed by atoms with Gasteiger partial charge in [0.2, 0.25) is 0 Å². The Hall–Kier alpha value is -2.76.